The lowest BCUT2D eigenvalue weighted by Gasteiger charge is -1.96. The summed E-state index contributed by atoms with van der Waals surface area (Å²) in [5, 5.41) is 6.74. The van der Waals surface area contributed by atoms with Crippen molar-refractivity contribution >= 4 is 35.3 Å². The van der Waals surface area contributed by atoms with Crippen LogP contribution in [0.5, 0.6) is 0 Å². The molecule has 0 bridgehead atoms. The SMILES string of the molecule is CCOCCSc1n[nH]c(=S)s1. The van der Waals surface area contributed by atoms with E-state index in [1.807, 2.05) is 6.92 Å². The number of hydrogen-bond acceptors (Lipinski definition) is 5. The summed E-state index contributed by atoms with van der Waals surface area (Å²) in [5.41, 5.74) is 0. The summed E-state index contributed by atoms with van der Waals surface area (Å²) in [5.74, 6) is 0.934. The molecule has 1 rings (SSSR count). The van der Waals surface area contributed by atoms with Crippen LogP contribution in [0.25, 0.3) is 0 Å². The minimum Gasteiger partial charge on any atom is -0.381 e. The van der Waals surface area contributed by atoms with Crippen molar-refractivity contribution in [1.29, 1.82) is 0 Å². The van der Waals surface area contributed by atoms with E-state index >= 15 is 0 Å². The maximum atomic E-state index is 5.18. The van der Waals surface area contributed by atoms with E-state index in [2.05, 4.69) is 10.2 Å². The second kappa shape index (κ2) is 5.69. The number of hydrogen-bond donors (Lipinski definition) is 1. The third-order valence-corrected chi connectivity index (χ3v) is 3.27. The van der Waals surface area contributed by atoms with Crippen molar-refractivity contribution in [3.05, 3.63) is 3.95 Å². The Bertz CT molecular complexity index is 270. The molecule has 0 amide bonds. The Morgan fingerprint density at radius 3 is 3.17 bits per heavy atom. The first-order valence-corrected chi connectivity index (χ1v) is 5.80. The molecule has 1 N–H and O–H groups in total. The van der Waals surface area contributed by atoms with E-state index in [1.54, 1.807) is 11.8 Å². The van der Waals surface area contributed by atoms with Gasteiger partial charge in [-0.15, -0.1) is 0 Å². The molecule has 0 aromatic carbocycles. The molecule has 3 nitrogen and oxygen atoms in total. The fourth-order valence-electron chi connectivity index (χ4n) is 0.610. The molecule has 0 saturated carbocycles. The molecule has 0 radical (unpaired) electrons. The van der Waals surface area contributed by atoms with E-state index in [4.69, 9.17) is 17.0 Å². The second-order valence-corrected chi connectivity index (χ2v) is 4.93. The molecule has 0 aliphatic rings. The predicted octanol–water partition coefficient (Wildman–Crippen LogP) is 2.33. The first-order valence-electron chi connectivity index (χ1n) is 3.59. The van der Waals surface area contributed by atoms with E-state index in [0.29, 0.717) is 0 Å². The summed E-state index contributed by atoms with van der Waals surface area (Å²) in [6, 6.07) is 0. The lowest BCUT2D eigenvalue weighted by Crippen LogP contribution is -1.95. The zero-order valence-electron chi connectivity index (χ0n) is 6.70. The van der Waals surface area contributed by atoms with Crippen LogP contribution in [0.3, 0.4) is 0 Å². The summed E-state index contributed by atoms with van der Waals surface area (Å²) in [7, 11) is 0. The Balaban J connectivity index is 2.20. The highest BCUT2D eigenvalue weighted by molar-refractivity contribution is 8.01. The van der Waals surface area contributed by atoms with Gasteiger partial charge in [0, 0.05) is 12.4 Å². The van der Waals surface area contributed by atoms with Gasteiger partial charge in [0.25, 0.3) is 0 Å². The highest BCUT2D eigenvalue weighted by Crippen LogP contribution is 2.19. The molecule has 0 fully saturated rings. The van der Waals surface area contributed by atoms with Gasteiger partial charge in [-0.2, -0.15) is 5.10 Å². The lowest BCUT2D eigenvalue weighted by molar-refractivity contribution is 0.164. The maximum Gasteiger partial charge on any atom is 0.177 e. The van der Waals surface area contributed by atoms with Crippen molar-refractivity contribution in [2.45, 2.75) is 11.3 Å². The van der Waals surface area contributed by atoms with Crippen LogP contribution in [0.1, 0.15) is 6.92 Å². The van der Waals surface area contributed by atoms with Crippen molar-refractivity contribution in [3.63, 3.8) is 0 Å². The predicted molar refractivity (Wildman–Crippen MR) is 54.5 cm³/mol. The largest absolute Gasteiger partial charge is 0.381 e. The highest BCUT2D eigenvalue weighted by atomic mass is 32.2. The van der Waals surface area contributed by atoms with Crippen molar-refractivity contribution < 1.29 is 4.74 Å². The van der Waals surface area contributed by atoms with Gasteiger partial charge in [-0.05, 0) is 19.1 Å². The van der Waals surface area contributed by atoms with E-state index in [9.17, 15) is 0 Å². The molecule has 6 heteroatoms. The van der Waals surface area contributed by atoms with Gasteiger partial charge in [0.05, 0.1) is 6.61 Å². The van der Waals surface area contributed by atoms with Crippen molar-refractivity contribution in [2.24, 2.45) is 0 Å². The quantitative estimate of drug-likeness (QED) is 0.471. The molecule has 0 aliphatic heterocycles. The fraction of sp³-hybridized carbons (Fsp3) is 0.667. The normalized spacial score (nSPS) is 10.4. The summed E-state index contributed by atoms with van der Waals surface area (Å²) < 4.78 is 6.90. The van der Waals surface area contributed by atoms with E-state index in [1.165, 1.54) is 11.3 Å². The molecular formula is C6H10N2OS3. The Morgan fingerprint density at radius 1 is 1.75 bits per heavy atom. The number of H-pyrrole nitrogens is 1. The first-order chi connectivity index (χ1) is 5.83. The van der Waals surface area contributed by atoms with Gasteiger partial charge in [-0.3, -0.25) is 5.10 Å². The standard InChI is InChI=1S/C6H10N2OS3/c1-2-9-3-4-11-6-8-7-5(10)12-6/h2-4H2,1H3,(H,7,10). The van der Waals surface area contributed by atoms with Crippen LogP contribution in [-0.2, 0) is 4.74 Å². The first kappa shape index (κ1) is 10.2. The zero-order valence-corrected chi connectivity index (χ0v) is 9.15. The third-order valence-electron chi connectivity index (χ3n) is 1.08. The summed E-state index contributed by atoms with van der Waals surface area (Å²) >= 11 is 8.06. The number of thioether (sulfide) groups is 1. The number of aromatic nitrogens is 2. The molecule has 0 aliphatic carbocycles. The Labute approximate surface area is 84.5 Å². The topological polar surface area (TPSA) is 37.9 Å². The van der Waals surface area contributed by atoms with Crippen LogP contribution >= 0.6 is 35.3 Å². The van der Waals surface area contributed by atoms with Gasteiger partial charge in [0.15, 0.2) is 8.29 Å². The van der Waals surface area contributed by atoms with Gasteiger partial charge < -0.3 is 4.74 Å². The Morgan fingerprint density at radius 2 is 2.58 bits per heavy atom. The number of nitrogens with one attached hydrogen (secondary N) is 1. The summed E-state index contributed by atoms with van der Waals surface area (Å²) in [6.07, 6.45) is 0. The molecule has 1 aromatic heterocycles. The van der Waals surface area contributed by atoms with Gasteiger partial charge in [0.2, 0.25) is 0 Å². The Hall–Kier alpha value is 0.0900. The lowest BCUT2D eigenvalue weighted by atomic mass is 10.8. The van der Waals surface area contributed by atoms with Gasteiger partial charge in [-0.1, -0.05) is 23.1 Å². The van der Waals surface area contributed by atoms with Crippen LogP contribution in [-0.4, -0.2) is 29.2 Å². The minimum atomic E-state index is 0.730. The molecule has 0 unspecified atom stereocenters. The molecule has 0 saturated heterocycles. The third kappa shape index (κ3) is 3.66. The molecule has 1 aromatic rings. The summed E-state index contributed by atoms with van der Waals surface area (Å²) in [6.45, 7) is 3.54. The molecule has 68 valence electrons. The van der Waals surface area contributed by atoms with Gasteiger partial charge >= 0.3 is 0 Å². The van der Waals surface area contributed by atoms with E-state index in [0.717, 1.165) is 27.3 Å². The van der Waals surface area contributed by atoms with Crippen LogP contribution in [0.4, 0.5) is 0 Å². The molecular weight excluding hydrogens is 212 g/mol. The molecule has 1 heterocycles. The maximum absolute atomic E-state index is 5.18. The number of ether oxygens (including phenoxy) is 1. The average Bonchev–Trinajstić information content (AvgIpc) is 2.45. The fourth-order valence-corrected chi connectivity index (χ4v) is 2.61. The highest BCUT2D eigenvalue weighted by Gasteiger charge is 1.97. The van der Waals surface area contributed by atoms with Crippen LogP contribution in [0.15, 0.2) is 4.34 Å². The van der Waals surface area contributed by atoms with Crippen molar-refractivity contribution in [2.75, 3.05) is 19.0 Å². The van der Waals surface area contributed by atoms with Crippen molar-refractivity contribution in [3.8, 4) is 0 Å². The van der Waals surface area contributed by atoms with E-state index < -0.39 is 0 Å². The second-order valence-electron chi connectivity index (χ2n) is 1.92. The molecule has 0 spiro atoms. The van der Waals surface area contributed by atoms with Gasteiger partial charge in [0.1, 0.15) is 0 Å². The van der Waals surface area contributed by atoms with Crippen LogP contribution in [0, 0.1) is 3.95 Å². The van der Waals surface area contributed by atoms with Crippen LogP contribution in [0.2, 0.25) is 0 Å². The number of rotatable bonds is 5. The van der Waals surface area contributed by atoms with E-state index in [-0.39, 0.29) is 0 Å². The monoisotopic (exact) mass is 222 g/mol. The smallest absolute Gasteiger partial charge is 0.177 e. The summed E-state index contributed by atoms with van der Waals surface area (Å²) in [4.78, 5) is 0. The average molecular weight is 222 g/mol. The van der Waals surface area contributed by atoms with Crippen molar-refractivity contribution in [1.82, 2.24) is 10.2 Å². The minimum absolute atomic E-state index is 0.730. The Kier molecular flexibility index (Phi) is 4.82. The number of aromatic amines is 1. The molecule has 12 heavy (non-hydrogen) atoms. The van der Waals surface area contributed by atoms with Crippen LogP contribution < -0.4 is 0 Å². The number of nitrogens with zero attached hydrogens (tertiary/aromatic N) is 1. The van der Waals surface area contributed by atoms with Gasteiger partial charge in [-0.25, -0.2) is 0 Å². The molecule has 0 atom stereocenters. The zero-order chi connectivity index (χ0) is 8.81.